The van der Waals surface area contributed by atoms with Gasteiger partial charge in [0.1, 0.15) is 5.75 Å². The summed E-state index contributed by atoms with van der Waals surface area (Å²) < 4.78 is 32.5. The maximum atomic E-state index is 13.0. The Morgan fingerprint density at radius 1 is 1.25 bits per heavy atom. The van der Waals surface area contributed by atoms with Gasteiger partial charge in [-0.25, -0.2) is 8.42 Å². The lowest BCUT2D eigenvalue weighted by Gasteiger charge is -2.31. The number of ether oxygens (including phenoxy) is 1. The van der Waals surface area contributed by atoms with Crippen molar-refractivity contribution in [2.45, 2.75) is 24.7 Å². The summed E-state index contributed by atoms with van der Waals surface area (Å²) in [4.78, 5) is 12.8. The van der Waals surface area contributed by atoms with Gasteiger partial charge in [-0.15, -0.1) is 0 Å². The molecule has 0 unspecified atom stereocenters. The number of amides is 1. The topological polar surface area (TPSA) is 75.7 Å². The first-order valence-corrected chi connectivity index (χ1v) is 10.8. The van der Waals surface area contributed by atoms with E-state index in [4.69, 9.17) is 16.3 Å². The smallest absolute Gasteiger partial charge is 0.243 e. The Morgan fingerprint density at radius 2 is 2.04 bits per heavy atom. The highest BCUT2D eigenvalue weighted by molar-refractivity contribution is 7.89. The molecule has 2 aromatic carbocycles. The fourth-order valence-corrected chi connectivity index (χ4v) is 5.00. The van der Waals surface area contributed by atoms with E-state index >= 15 is 0 Å². The normalized spacial score (nSPS) is 17.9. The molecule has 1 saturated heterocycles. The number of rotatable bonds is 5. The molecule has 3 rings (SSSR count). The van der Waals surface area contributed by atoms with Crippen LogP contribution in [0, 0.1) is 12.8 Å². The molecule has 0 radical (unpaired) electrons. The fourth-order valence-electron chi connectivity index (χ4n) is 3.20. The number of carbonyl (C=O) groups is 1. The number of hydrogen-bond acceptors (Lipinski definition) is 4. The number of nitrogens with one attached hydrogen (secondary N) is 1. The third-order valence-electron chi connectivity index (χ3n) is 4.87. The second-order valence-corrected chi connectivity index (χ2v) is 9.18. The van der Waals surface area contributed by atoms with Gasteiger partial charge in [-0.2, -0.15) is 4.31 Å². The summed E-state index contributed by atoms with van der Waals surface area (Å²) in [5.41, 5.74) is 1.43. The quantitative estimate of drug-likeness (QED) is 0.797. The maximum absolute atomic E-state index is 13.0. The van der Waals surface area contributed by atoms with Gasteiger partial charge in [0, 0.05) is 29.9 Å². The van der Waals surface area contributed by atoms with Gasteiger partial charge >= 0.3 is 0 Å². The van der Waals surface area contributed by atoms with E-state index in [1.54, 1.807) is 43.5 Å². The summed E-state index contributed by atoms with van der Waals surface area (Å²) in [5.74, 6) is 0.0210. The molecule has 0 aliphatic carbocycles. The fraction of sp³-hybridized carbons (Fsp3) is 0.350. The van der Waals surface area contributed by atoms with Crippen LogP contribution >= 0.6 is 11.6 Å². The van der Waals surface area contributed by atoms with Crippen LogP contribution in [0.15, 0.2) is 47.4 Å². The zero-order valence-electron chi connectivity index (χ0n) is 15.8. The first kappa shape index (κ1) is 20.6. The number of methoxy groups -OCH3 is 1. The molecule has 1 fully saturated rings. The molecule has 0 aromatic heterocycles. The van der Waals surface area contributed by atoms with Crippen molar-refractivity contribution in [1.29, 1.82) is 0 Å². The molecule has 150 valence electrons. The maximum Gasteiger partial charge on any atom is 0.243 e. The summed E-state index contributed by atoms with van der Waals surface area (Å²) in [5, 5.41) is 3.26. The van der Waals surface area contributed by atoms with Crippen LogP contribution < -0.4 is 10.1 Å². The molecule has 6 nitrogen and oxygen atoms in total. The van der Waals surface area contributed by atoms with Crippen LogP contribution in [0.1, 0.15) is 18.4 Å². The molecule has 0 spiro atoms. The summed E-state index contributed by atoms with van der Waals surface area (Å²) >= 11 is 6.10. The van der Waals surface area contributed by atoms with Crippen molar-refractivity contribution in [3.05, 3.63) is 53.1 Å². The lowest BCUT2D eigenvalue weighted by atomic mass is 9.98. The van der Waals surface area contributed by atoms with Crippen LogP contribution in [0.5, 0.6) is 5.75 Å². The lowest BCUT2D eigenvalue weighted by Crippen LogP contribution is -2.43. The third-order valence-corrected chi connectivity index (χ3v) is 7.14. The van der Waals surface area contributed by atoms with Crippen molar-refractivity contribution in [1.82, 2.24) is 4.31 Å². The van der Waals surface area contributed by atoms with E-state index in [9.17, 15) is 13.2 Å². The Hall–Kier alpha value is -2.09. The minimum Gasteiger partial charge on any atom is -0.497 e. The number of hydrogen-bond donors (Lipinski definition) is 1. The van der Waals surface area contributed by atoms with E-state index in [0.29, 0.717) is 35.8 Å². The first-order valence-electron chi connectivity index (χ1n) is 9.02. The SMILES string of the molecule is COc1cccc(NC(=O)[C@@H]2CCCN(S(=O)(=O)c3ccc(C)c(Cl)c3)C2)c1. The van der Waals surface area contributed by atoms with Crippen molar-refractivity contribution in [2.24, 2.45) is 5.92 Å². The molecular formula is C20H23ClN2O4S. The van der Waals surface area contributed by atoms with Gasteiger partial charge in [0.15, 0.2) is 0 Å². The Morgan fingerprint density at radius 3 is 2.75 bits per heavy atom. The summed E-state index contributed by atoms with van der Waals surface area (Å²) in [7, 11) is -2.14. The second-order valence-electron chi connectivity index (χ2n) is 6.83. The minimum absolute atomic E-state index is 0.142. The van der Waals surface area contributed by atoms with Crippen molar-refractivity contribution in [2.75, 3.05) is 25.5 Å². The molecule has 1 N–H and O–H groups in total. The first-order chi connectivity index (χ1) is 13.3. The second kappa shape index (κ2) is 8.51. The van der Waals surface area contributed by atoms with E-state index in [1.807, 2.05) is 6.92 Å². The standard InChI is InChI=1S/C20H23ClN2O4S/c1-14-8-9-18(12-19(14)21)28(25,26)23-10-4-5-15(13-23)20(24)22-16-6-3-7-17(11-16)27-2/h3,6-9,11-12,15H,4-5,10,13H2,1-2H3,(H,22,24)/t15-/m1/s1. The Balaban J connectivity index is 1.73. The number of aryl methyl sites for hydroxylation is 1. The van der Waals surface area contributed by atoms with Crippen molar-refractivity contribution in [3.63, 3.8) is 0 Å². The van der Waals surface area contributed by atoms with Crippen LogP contribution in [-0.4, -0.2) is 38.8 Å². The van der Waals surface area contributed by atoms with Crippen LogP contribution in [0.25, 0.3) is 0 Å². The van der Waals surface area contributed by atoms with E-state index in [-0.39, 0.29) is 17.3 Å². The van der Waals surface area contributed by atoms with Gasteiger partial charge < -0.3 is 10.1 Å². The van der Waals surface area contributed by atoms with E-state index in [2.05, 4.69) is 5.32 Å². The molecule has 1 aliphatic rings. The highest BCUT2D eigenvalue weighted by atomic mass is 35.5. The van der Waals surface area contributed by atoms with Gasteiger partial charge in [-0.3, -0.25) is 4.79 Å². The number of carbonyl (C=O) groups excluding carboxylic acids is 1. The molecule has 1 heterocycles. The van der Waals surface area contributed by atoms with Crippen LogP contribution in [0.4, 0.5) is 5.69 Å². The van der Waals surface area contributed by atoms with Gasteiger partial charge in [0.2, 0.25) is 15.9 Å². The van der Waals surface area contributed by atoms with Gasteiger partial charge in [-0.1, -0.05) is 23.7 Å². The number of sulfonamides is 1. The minimum atomic E-state index is -3.70. The predicted octanol–water partition coefficient (Wildman–Crippen LogP) is 3.70. The number of piperidine rings is 1. The number of halogens is 1. The van der Waals surface area contributed by atoms with Crippen molar-refractivity contribution in [3.8, 4) is 5.75 Å². The zero-order valence-corrected chi connectivity index (χ0v) is 17.4. The summed E-state index contributed by atoms with van der Waals surface area (Å²) in [6.07, 6.45) is 1.26. The van der Waals surface area contributed by atoms with Crippen molar-refractivity contribution < 1.29 is 17.9 Å². The Kier molecular flexibility index (Phi) is 6.27. The average molecular weight is 423 g/mol. The molecule has 0 saturated carbocycles. The molecular weight excluding hydrogens is 400 g/mol. The van der Waals surface area contributed by atoms with Crippen LogP contribution in [0.3, 0.4) is 0 Å². The van der Waals surface area contributed by atoms with Gasteiger partial charge in [-0.05, 0) is 49.6 Å². The van der Waals surface area contributed by atoms with E-state index < -0.39 is 15.9 Å². The number of nitrogens with zero attached hydrogens (tertiary/aromatic N) is 1. The summed E-state index contributed by atoms with van der Waals surface area (Å²) in [6, 6.07) is 11.8. The average Bonchev–Trinajstić information content (AvgIpc) is 2.70. The molecule has 1 amide bonds. The largest absolute Gasteiger partial charge is 0.497 e. The molecule has 28 heavy (non-hydrogen) atoms. The monoisotopic (exact) mass is 422 g/mol. The molecule has 1 aliphatic heterocycles. The van der Waals surface area contributed by atoms with Crippen LogP contribution in [0.2, 0.25) is 5.02 Å². The highest BCUT2D eigenvalue weighted by Gasteiger charge is 2.33. The van der Waals surface area contributed by atoms with E-state index in [0.717, 1.165) is 5.56 Å². The predicted molar refractivity (Wildman–Crippen MR) is 109 cm³/mol. The molecule has 1 atom stereocenters. The Labute approximate surface area is 170 Å². The van der Waals surface area contributed by atoms with Gasteiger partial charge in [0.25, 0.3) is 0 Å². The lowest BCUT2D eigenvalue weighted by molar-refractivity contribution is -0.120. The van der Waals surface area contributed by atoms with E-state index in [1.165, 1.54) is 10.4 Å². The van der Waals surface area contributed by atoms with Gasteiger partial charge in [0.05, 0.1) is 17.9 Å². The van der Waals surface area contributed by atoms with Crippen molar-refractivity contribution >= 4 is 33.2 Å². The highest BCUT2D eigenvalue weighted by Crippen LogP contribution is 2.27. The third kappa shape index (κ3) is 4.48. The zero-order chi connectivity index (χ0) is 20.3. The van der Waals surface area contributed by atoms with Crippen LogP contribution in [-0.2, 0) is 14.8 Å². The number of anilines is 1. The summed E-state index contributed by atoms with van der Waals surface area (Å²) in [6.45, 7) is 2.35. The Bertz CT molecular complexity index is 978. The molecule has 8 heteroatoms. The molecule has 0 bridgehead atoms. The molecule has 2 aromatic rings. The number of benzene rings is 2.